The van der Waals surface area contributed by atoms with E-state index in [0.29, 0.717) is 17.3 Å². The Morgan fingerprint density at radius 3 is 2.73 bits per heavy atom. The zero-order chi connectivity index (χ0) is 11.5. The topological polar surface area (TPSA) is 82.3 Å². The SMILES string of the molecule is Cc1nc(Cl)sc1CCCOS(N)(=O)=O. The van der Waals surface area contributed by atoms with Crippen LogP contribution in [0.4, 0.5) is 0 Å². The van der Waals surface area contributed by atoms with E-state index in [4.69, 9.17) is 11.6 Å². The van der Waals surface area contributed by atoms with E-state index in [1.165, 1.54) is 11.3 Å². The van der Waals surface area contributed by atoms with E-state index in [0.717, 1.165) is 10.6 Å². The predicted octanol–water partition coefficient (Wildman–Crippen LogP) is 1.26. The molecule has 0 aliphatic rings. The first kappa shape index (κ1) is 12.9. The Bertz CT molecular complexity index is 429. The smallest absolute Gasteiger partial charge is 0.258 e. The van der Waals surface area contributed by atoms with Crippen LogP contribution in [-0.4, -0.2) is 20.0 Å². The van der Waals surface area contributed by atoms with E-state index in [1.807, 2.05) is 6.92 Å². The lowest BCUT2D eigenvalue weighted by atomic mass is 10.2. The first-order chi connectivity index (χ1) is 6.88. The Hall–Kier alpha value is -0.210. The summed E-state index contributed by atoms with van der Waals surface area (Å²) >= 11 is 7.10. The van der Waals surface area contributed by atoms with Gasteiger partial charge in [-0.2, -0.15) is 8.42 Å². The van der Waals surface area contributed by atoms with Crippen molar-refractivity contribution in [2.75, 3.05) is 6.61 Å². The molecule has 2 N–H and O–H groups in total. The van der Waals surface area contributed by atoms with Crippen LogP contribution < -0.4 is 5.14 Å². The highest BCUT2D eigenvalue weighted by Gasteiger charge is 2.06. The summed E-state index contributed by atoms with van der Waals surface area (Å²) in [5.74, 6) is 0. The number of halogens is 1. The fourth-order valence-electron chi connectivity index (χ4n) is 1.03. The minimum absolute atomic E-state index is 0.0772. The molecule has 5 nitrogen and oxygen atoms in total. The maximum absolute atomic E-state index is 10.4. The minimum Gasteiger partial charge on any atom is -0.258 e. The molecule has 8 heteroatoms. The molecule has 15 heavy (non-hydrogen) atoms. The van der Waals surface area contributed by atoms with Crippen LogP contribution in [-0.2, 0) is 20.9 Å². The molecule has 1 aromatic heterocycles. The van der Waals surface area contributed by atoms with Crippen molar-refractivity contribution in [2.45, 2.75) is 19.8 Å². The lowest BCUT2D eigenvalue weighted by molar-refractivity contribution is 0.313. The molecule has 0 saturated carbocycles. The normalized spacial score (nSPS) is 11.9. The van der Waals surface area contributed by atoms with Crippen LogP contribution in [0.25, 0.3) is 0 Å². The lowest BCUT2D eigenvalue weighted by Crippen LogP contribution is -2.16. The first-order valence-electron chi connectivity index (χ1n) is 4.17. The summed E-state index contributed by atoms with van der Waals surface area (Å²) in [6.45, 7) is 1.94. The van der Waals surface area contributed by atoms with Gasteiger partial charge in [-0.05, 0) is 19.8 Å². The van der Waals surface area contributed by atoms with E-state index in [-0.39, 0.29) is 6.61 Å². The van der Waals surface area contributed by atoms with Gasteiger partial charge in [-0.25, -0.2) is 10.1 Å². The van der Waals surface area contributed by atoms with Gasteiger partial charge in [0.05, 0.1) is 12.3 Å². The van der Waals surface area contributed by atoms with Crippen molar-refractivity contribution in [3.8, 4) is 0 Å². The monoisotopic (exact) mass is 270 g/mol. The van der Waals surface area contributed by atoms with Crippen LogP contribution >= 0.6 is 22.9 Å². The van der Waals surface area contributed by atoms with E-state index in [1.54, 1.807) is 0 Å². The molecule has 0 saturated heterocycles. The Morgan fingerprint density at radius 2 is 2.27 bits per heavy atom. The van der Waals surface area contributed by atoms with Gasteiger partial charge in [0.25, 0.3) is 0 Å². The van der Waals surface area contributed by atoms with Crippen LogP contribution in [0.2, 0.25) is 4.47 Å². The lowest BCUT2D eigenvalue weighted by Gasteiger charge is -1.99. The Balaban J connectivity index is 2.35. The molecule has 86 valence electrons. The fraction of sp³-hybridized carbons (Fsp3) is 0.571. The third-order valence-corrected chi connectivity index (χ3v) is 3.48. The van der Waals surface area contributed by atoms with Crippen molar-refractivity contribution >= 4 is 33.2 Å². The molecule has 0 unspecified atom stereocenters. The Morgan fingerprint density at radius 1 is 1.60 bits per heavy atom. The highest BCUT2D eigenvalue weighted by molar-refractivity contribution is 7.84. The summed E-state index contributed by atoms with van der Waals surface area (Å²) in [7, 11) is -3.82. The number of aromatic nitrogens is 1. The number of hydrogen-bond donors (Lipinski definition) is 1. The summed E-state index contributed by atoms with van der Waals surface area (Å²) in [5, 5.41) is 4.67. The van der Waals surface area contributed by atoms with Gasteiger partial charge in [0.1, 0.15) is 0 Å². The van der Waals surface area contributed by atoms with Crippen molar-refractivity contribution < 1.29 is 12.6 Å². The second-order valence-electron chi connectivity index (χ2n) is 2.89. The molecule has 0 amide bonds. The molecule has 1 heterocycles. The van der Waals surface area contributed by atoms with Gasteiger partial charge in [0.15, 0.2) is 4.47 Å². The molecule has 0 fully saturated rings. The second-order valence-corrected chi connectivity index (χ2v) is 5.78. The largest absolute Gasteiger partial charge is 0.333 e. The maximum Gasteiger partial charge on any atom is 0.333 e. The molecule has 0 atom stereocenters. The molecule has 0 spiro atoms. The van der Waals surface area contributed by atoms with Crippen LogP contribution in [0.15, 0.2) is 0 Å². The summed E-state index contributed by atoms with van der Waals surface area (Å²) in [6.07, 6.45) is 1.25. The second kappa shape index (κ2) is 5.22. The molecule has 0 radical (unpaired) electrons. The predicted molar refractivity (Wildman–Crippen MR) is 59.2 cm³/mol. The fourth-order valence-corrected chi connectivity index (χ4v) is 2.61. The zero-order valence-corrected chi connectivity index (χ0v) is 10.5. The third kappa shape index (κ3) is 4.89. The van der Waals surface area contributed by atoms with E-state index in [9.17, 15) is 8.42 Å². The molecular weight excluding hydrogens is 260 g/mol. The summed E-state index contributed by atoms with van der Waals surface area (Å²) in [6, 6.07) is 0. The quantitative estimate of drug-likeness (QED) is 0.817. The average Bonchev–Trinajstić information content (AvgIpc) is 2.37. The van der Waals surface area contributed by atoms with Crippen molar-refractivity contribution in [3.63, 3.8) is 0 Å². The zero-order valence-electron chi connectivity index (χ0n) is 8.07. The van der Waals surface area contributed by atoms with Gasteiger partial charge in [-0.1, -0.05) is 11.6 Å². The van der Waals surface area contributed by atoms with Gasteiger partial charge in [0.2, 0.25) is 0 Å². The van der Waals surface area contributed by atoms with Crippen LogP contribution in [0.3, 0.4) is 0 Å². The standard InChI is InChI=1S/C7H11ClN2O3S2/c1-5-6(14-7(8)10-5)3-2-4-13-15(9,11)12/h2-4H2,1H3,(H2,9,11,12). The average molecular weight is 271 g/mol. The molecule has 1 aromatic rings. The van der Waals surface area contributed by atoms with Crippen molar-refractivity contribution in [2.24, 2.45) is 5.14 Å². The number of nitrogens with zero attached hydrogens (tertiary/aromatic N) is 1. The van der Waals surface area contributed by atoms with Gasteiger partial charge < -0.3 is 0 Å². The van der Waals surface area contributed by atoms with Crippen LogP contribution in [0.5, 0.6) is 0 Å². The number of rotatable bonds is 5. The number of thiazole rings is 1. The van der Waals surface area contributed by atoms with Crippen molar-refractivity contribution in [3.05, 3.63) is 15.0 Å². The van der Waals surface area contributed by atoms with Crippen LogP contribution in [0.1, 0.15) is 17.0 Å². The van der Waals surface area contributed by atoms with Gasteiger partial charge in [0, 0.05) is 4.88 Å². The number of hydrogen-bond acceptors (Lipinski definition) is 5. The molecule has 0 aromatic carbocycles. The van der Waals surface area contributed by atoms with E-state index in [2.05, 4.69) is 14.3 Å². The number of aryl methyl sites for hydroxylation is 2. The highest BCUT2D eigenvalue weighted by Crippen LogP contribution is 2.23. The molecule has 0 aliphatic carbocycles. The third-order valence-electron chi connectivity index (χ3n) is 1.66. The van der Waals surface area contributed by atoms with Crippen molar-refractivity contribution in [1.29, 1.82) is 0 Å². The first-order valence-corrected chi connectivity index (χ1v) is 6.84. The molecule has 0 bridgehead atoms. The van der Waals surface area contributed by atoms with Gasteiger partial charge >= 0.3 is 10.3 Å². The Kier molecular flexibility index (Phi) is 4.47. The summed E-state index contributed by atoms with van der Waals surface area (Å²) in [4.78, 5) is 5.08. The van der Waals surface area contributed by atoms with E-state index < -0.39 is 10.3 Å². The maximum atomic E-state index is 10.4. The summed E-state index contributed by atoms with van der Waals surface area (Å²) < 4.78 is 25.8. The number of nitrogens with two attached hydrogens (primary N) is 1. The van der Waals surface area contributed by atoms with Gasteiger partial charge in [-0.15, -0.1) is 11.3 Å². The van der Waals surface area contributed by atoms with Crippen LogP contribution in [0, 0.1) is 6.92 Å². The molecule has 0 aliphatic heterocycles. The highest BCUT2D eigenvalue weighted by atomic mass is 35.5. The molecular formula is C7H11ClN2O3S2. The molecule has 1 rings (SSSR count). The van der Waals surface area contributed by atoms with Gasteiger partial charge in [-0.3, -0.25) is 4.18 Å². The summed E-state index contributed by atoms with van der Waals surface area (Å²) in [5.41, 5.74) is 0.876. The minimum atomic E-state index is -3.82. The van der Waals surface area contributed by atoms with E-state index >= 15 is 0 Å². The Labute approximate surface area is 97.5 Å². The van der Waals surface area contributed by atoms with Crippen molar-refractivity contribution in [1.82, 2.24) is 4.98 Å².